The van der Waals surface area contributed by atoms with E-state index in [1.54, 1.807) is 0 Å². The topological polar surface area (TPSA) is 237 Å². The van der Waals surface area contributed by atoms with E-state index in [-0.39, 0.29) is 25.7 Å². The molecule has 600 valence electrons. The number of rotatable bonds is 77. The third kappa shape index (κ3) is 75.9. The Morgan fingerprint density at radius 1 is 0.279 bits per heavy atom. The number of phosphoric ester groups is 2. The van der Waals surface area contributed by atoms with E-state index in [0.717, 1.165) is 173 Å². The minimum Gasteiger partial charge on any atom is -0.462 e. The molecule has 104 heavy (non-hydrogen) atoms. The van der Waals surface area contributed by atoms with Gasteiger partial charge in [-0.05, 0) is 154 Å². The van der Waals surface area contributed by atoms with Crippen LogP contribution in [0.5, 0.6) is 0 Å². The summed E-state index contributed by atoms with van der Waals surface area (Å²) in [7, 11) is -9.98. The molecule has 0 saturated carbocycles. The van der Waals surface area contributed by atoms with Gasteiger partial charge in [-0.15, -0.1) is 0 Å². The zero-order chi connectivity index (χ0) is 76.0. The molecule has 0 radical (unpaired) electrons. The average Bonchev–Trinajstić information content (AvgIpc) is 0.943. The normalized spacial score (nSPS) is 14.4. The molecule has 0 spiro atoms. The van der Waals surface area contributed by atoms with E-state index < -0.39 is 97.5 Å². The van der Waals surface area contributed by atoms with Gasteiger partial charge < -0.3 is 33.8 Å². The first-order valence-electron chi connectivity index (χ1n) is 41.1. The lowest BCUT2D eigenvalue weighted by molar-refractivity contribution is -0.161. The van der Waals surface area contributed by atoms with Crippen LogP contribution in [0.4, 0.5) is 0 Å². The molecule has 0 aliphatic rings. The van der Waals surface area contributed by atoms with Crippen LogP contribution >= 0.6 is 15.6 Å². The van der Waals surface area contributed by atoms with Crippen LogP contribution in [0.1, 0.15) is 349 Å². The lowest BCUT2D eigenvalue weighted by Gasteiger charge is -2.21. The molecule has 0 saturated heterocycles. The Kier molecular flexibility index (Phi) is 73.7. The van der Waals surface area contributed by atoms with Crippen molar-refractivity contribution in [2.45, 2.75) is 367 Å². The van der Waals surface area contributed by atoms with E-state index in [9.17, 15) is 43.2 Å². The minimum absolute atomic E-state index is 0.0539. The second-order valence-corrected chi connectivity index (χ2v) is 30.2. The second-order valence-electron chi connectivity index (χ2n) is 27.3. The fourth-order valence-electron chi connectivity index (χ4n) is 10.9. The maximum absolute atomic E-state index is 13.1. The Morgan fingerprint density at radius 3 is 0.817 bits per heavy atom. The number of ether oxygens (including phenoxy) is 4. The van der Waals surface area contributed by atoms with Gasteiger partial charge in [0.05, 0.1) is 26.4 Å². The Hall–Kier alpha value is -4.28. The van der Waals surface area contributed by atoms with Crippen molar-refractivity contribution in [1.82, 2.24) is 0 Å². The standard InChI is InChI=1S/C85H148O17P2/c1-5-9-13-17-21-25-29-33-37-38-39-40-44-48-52-56-60-64-68-72-85(90)102-81(76-96-83(88)70-66-62-58-54-50-46-42-35-31-27-23-19-15-11-7-3)78-100-104(93,94)98-74-79(86)73-97-103(91,92)99-77-80(101-84(89)71-67-63-59-55-51-47-43-36-32-28-24-20-16-12-8-4)75-95-82(87)69-65-61-57-53-49-45-41-34-30-26-22-18-14-10-6-2/h9,13,21,24-25,27-28,31,33-34,36-37,39-41,43,48,52,79-81,86H,5-8,10-12,14-20,22-23,26,29-30,32,35,38,42,44-47,49-51,53-78H2,1-4H3,(H,91,92)(H,93,94)/b13-9-,25-21-,28-24-,31-27-,37-33-,40-39-,41-34-,43-36-,52-48-/t79-,80-,81-/m1/s1. The van der Waals surface area contributed by atoms with Crippen LogP contribution in [0, 0.1) is 0 Å². The van der Waals surface area contributed by atoms with Gasteiger partial charge in [-0.2, -0.15) is 0 Å². The summed E-state index contributed by atoms with van der Waals surface area (Å²) in [6, 6.07) is 0. The number of phosphoric acid groups is 2. The second kappa shape index (κ2) is 76.9. The number of aliphatic hydroxyl groups is 1. The lowest BCUT2D eigenvalue weighted by Crippen LogP contribution is -2.30. The Morgan fingerprint density at radius 2 is 0.500 bits per heavy atom. The van der Waals surface area contributed by atoms with Crippen LogP contribution < -0.4 is 0 Å². The molecular formula is C85H148O17P2. The summed E-state index contributed by atoms with van der Waals surface area (Å²) in [5, 5.41) is 10.7. The summed E-state index contributed by atoms with van der Waals surface area (Å²) in [4.78, 5) is 73.1. The first-order valence-corrected chi connectivity index (χ1v) is 44.1. The smallest absolute Gasteiger partial charge is 0.462 e. The zero-order valence-electron chi connectivity index (χ0n) is 65.7. The molecule has 5 atom stereocenters. The fourth-order valence-corrected chi connectivity index (χ4v) is 12.5. The van der Waals surface area contributed by atoms with E-state index in [4.69, 9.17) is 37.0 Å². The van der Waals surface area contributed by atoms with E-state index in [1.165, 1.54) is 96.3 Å². The van der Waals surface area contributed by atoms with E-state index >= 15 is 0 Å². The molecular weight excluding hydrogens is 1350 g/mol. The van der Waals surface area contributed by atoms with Crippen molar-refractivity contribution >= 4 is 39.5 Å². The SMILES string of the molecule is CC/C=C\C/C=C\C/C=C\C/C=C\C/C=C\CCCCCC(=O)O[C@H](COC(=O)CCCCCCCCC/C=C\CCCCCC)COP(=O)(O)OC[C@H](O)COP(=O)(O)OC[C@@H](COC(=O)CCCCCCC/C=C\CCCCCCCC)OC(=O)CCCCCCC/C=C\C/C=C\CCCCC. The Balaban J connectivity index is 5.41. The predicted octanol–water partition coefficient (Wildman–Crippen LogP) is 24.1. The molecule has 0 aliphatic heterocycles. The molecule has 0 aromatic heterocycles. The average molecular weight is 1500 g/mol. The number of unbranched alkanes of at least 4 members (excludes halogenated alkanes) is 33. The van der Waals surface area contributed by atoms with E-state index in [1.807, 2.05) is 0 Å². The van der Waals surface area contributed by atoms with E-state index in [2.05, 4.69) is 137 Å². The first-order chi connectivity index (χ1) is 50.7. The number of carbonyl (C=O) groups is 4. The van der Waals surface area contributed by atoms with Gasteiger partial charge in [-0.25, -0.2) is 9.13 Å². The molecule has 2 unspecified atom stereocenters. The van der Waals surface area contributed by atoms with Gasteiger partial charge in [0.1, 0.15) is 19.3 Å². The third-order valence-electron chi connectivity index (χ3n) is 17.2. The molecule has 0 aliphatic carbocycles. The summed E-state index contributed by atoms with van der Waals surface area (Å²) < 4.78 is 68.7. The number of esters is 4. The number of hydrogen-bond donors (Lipinski definition) is 3. The van der Waals surface area contributed by atoms with Crippen LogP contribution in [-0.2, 0) is 65.4 Å². The number of aliphatic hydroxyl groups excluding tert-OH is 1. The summed E-state index contributed by atoms with van der Waals surface area (Å²) in [5.74, 6) is -2.23. The van der Waals surface area contributed by atoms with Gasteiger partial charge in [0, 0.05) is 25.7 Å². The third-order valence-corrected chi connectivity index (χ3v) is 19.1. The summed E-state index contributed by atoms with van der Waals surface area (Å²) in [5.41, 5.74) is 0. The molecule has 0 aromatic carbocycles. The van der Waals surface area contributed by atoms with Crippen molar-refractivity contribution < 1.29 is 80.2 Å². The van der Waals surface area contributed by atoms with Crippen molar-refractivity contribution in [3.05, 3.63) is 109 Å². The van der Waals surface area contributed by atoms with Crippen LogP contribution in [0.3, 0.4) is 0 Å². The highest BCUT2D eigenvalue weighted by Crippen LogP contribution is 2.45. The van der Waals surface area contributed by atoms with Gasteiger partial charge in [0.25, 0.3) is 0 Å². The molecule has 0 heterocycles. The van der Waals surface area contributed by atoms with Crippen LogP contribution in [0.2, 0.25) is 0 Å². The Bertz CT molecular complexity index is 2390. The highest BCUT2D eigenvalue weighted by atomic mass is 31.2. The maximum Gasteiger partial charge on any atom is 0.472 e. The largest absolute Gasteiger partial charge is 0.472 e. The first kappa shape index (κ1) is 99.7. The molecule has 0 amide bonds. The van der Waals surface area contributed by atoms with Gasteiger partial charge in [-0.1, -0.05) is 278 Å². The van der Waals surface area contributed by atoms with E-state index in [0.29, 0.717) is 25.7 Å². The van der Waals surface area contributed by atoms with Gasteiger partial charge in [-0.3, -0.25) is 37.3 Å². The van der Waals surface area contributed by atoms with Crippen molar-refractivity contribution in [2.75, 3.05) is 39.6 Å². The summed E-state index contributed by atoms with van der Waals surface area (Å²) in [6.45, 7) is 4.69. The minimum atomic E-state index is -4.99. The molecule has 17 nitrogen and oxygen atoms in total. The summed E-state index contributed by atoms with van der Waals surface area (Å²) in [6.07, 6.45) is 83.4. The fraction of sp³-hybridized carbons (Fsp3) is 0.741. The monoisotopic (exact) mass is 1500 g/mol. The van der Waals surface area contributed by atoms with Crippen molar-refractivity contribution in [3.63, 3.8) is 0 Å². The quantitative estimate of drug-likeness (QED) is 0.0169. The number of allylic oxidation sites excluding steroid dienone is 18. The highest BCUT2D eigenvalue weighted by Gasteiger charge is 2.30. The van der Waals surface area contributed by atoms with Crippen LogP contribution in [0.25, 0.3) is 0 Å². The number of hydrogen-bond acceptors (Lipinski definition) is 15. The van der Waals surface area contributed by atoms with Crippen molar-refractivity contribution in [1.29, 1.82) is 0 Å². The Labute approximate surface area is 632 Å². The molecule has 0 fully saturated rings. The zero-order valence-corrected chi connectivity index (χ0v) is 67.5. The van der Waals surface area contributed by atoms with Gasteiger partial charge in [0.15, 0.2) is 12.2 Å². The van der Waals surface area contributed by atoms with Crippen LogP contribution in [0.15, 0.2) is 109 Å². The predicted molar refractivity (Wildman–Crippen MR) is 427 cm³/mol. The molecule has 3 N–H and O–H groups in total. The number of carbonyl (C=O) groups excluding carboxylic acids is 4. The maximum atomic E-state index is 13.1. The summed E-state index contributed by atoms with van der Waals surface area (Å²) >= 11 is 0. The molecule has 19 heteroatoms. The van der Waals surface area contributed by atoms with Gasteiger partial charge in [0.2, 0.25) is 0 Å². The molecule has 0 bridgehead atoms. The molecule has 0 rings (SSSR count). The van der Waals surface area contributed by atoms with Gasteiger partial charge >= 0.3 is 39.5 Å². The van der Waals surface area contributed by atoms with Crippen LogP contribution in [-0.4, -0.2) is 96.7 Å². The highest BCUT2D eigenvalue weighted by molar-refractivity contribution is 7.47. The van der Waals surface area contributed by atoms with Crippen molar-refractivity contribution in [2.24, 2.45) is 0 Å². The molecule has 0 aromatic rings. The lowest BCUT2D eigenvalue weighted by atomic mass is 10.1. The van der Waals surface area contributed by atoms with Crippen molar-refractivity contribution in [3.8, 4) is 0 Å².